The van der Waals surface area contributed by atoms with E-state index in [4.69, 9.17) is 16.5 Å². The van der Waals surface area contributed by atoms with Crippen molar-refractivity contribution in [2.24, 2.45) is 0 Å². The maximum absolute atomic E-state index is 10.9. The van der Waals surface area contributed by atoms with Crippen molar-refractivity contribution < 1.29 is 5.11 Å². The third-order valence-corrected chi connectivity index (χ3v) is 5.86. The van der Waals surface area contributed by atoms with Crippen LogP contribution in [0.25, 0.3) is 11.4 Å². The normalized spacial score (nSPS) is 12.4. The van der Waals surface area contributed by atoms with Crippen LogP contribution in [0.1, 0.15) is 71.7 Å². The molecule has 0 saturated heterocycles. The largest absolute Gasteiger partial charge is 0.397 e. The van der Waals surface area contributed by atoms with Crippen LogP contribution in [0.15, 0.2) is 24.3 Å². The van der Waals surface area contributed by atoms with Crippen LogP contribution in [0.3, 0.4) is 0 Å². The van der Waals surface area contributed by atoms with Gasteiger partial charge < -0.3 is 16.6 Å². The van der Waals surface area contributed by atoms with Gasteiger partial charge in [0.1, 0.15) is 5.60 Å². The minimum absolute atomic E-state index is 0.0791. The molecule has 142 valence electrons. The molecule has 2 rings (SSSR count). The van der Waals surface area contributed by atoms with E-state index in [0.29, 0.717) is 35.6 Å². The molecular weight excluding hydrogens is 324 g/mol. The van der Waals surface area contributed by atoms with Gasteiger partial charge in [-0.1, -0.05) is 34.6 Å². The first-order valence-corrected chi connectivity index (χ1v) is 9.51. The van der Waals surface area contributed by atoms with Crippen LogP contribution >= 0.6 is 0 Å². The second-order valence-corrected chi connectivity index (χ2v) is 7.28. The summed E-state index contributed by atoms with van der Waals surface area (Å²) in [6, 6.07) is 7.42. The number of aromatic nitrogens is 2. The van der Waals surface area contributed by atoms with Crippen LogP contribution in [-0.4, -0.2) is 15.1 Å². The fourth-order valence-corrected chi connectivity index (χ4v) is 3.25. The van der Waals surface area contributed by atoms with Crippen molar-refractivity contribution in [3.05, 3.63) is 35.7 Å². The summed E-state index contributed by atoms with van der Waals surface area (Å²) in [7, 11) is 0. The molecule has 0 fully saturated rings. The van der Waals surface area contributed by atoms with Gasteiger partial charge in [0.25, 0.3) is 0 Å². The van der Waals surface area contributed by atoms with E-state index in [0.717, 1.165) is 24.2 Å². The average molecular weight is 357 g/mol. The van der Waals surface area contributed by atoms with Crippen molar-refractivity contribution >= 4 is 11.4 Å². The van der Waals surface area contributed by atoms with E-state index in [-0.39, 0.29) is 5.41 Å². The summed E-state index contributed by atoms with van der Waals surface area (Å²) in [4.78, 5) is 9.53. The van der Waals surface area contributed by atoms with Crippen molar-refractivity contribution in [3.8, 4) is 11.4 Å². The van der Waals surface area contributed by atoms with Crippen LogP contribution in [0.4, 0.5) is 11.4 Å². The van der Waals surface area contributed by atoms with Crippen molar-refractivity contribution in [1.29, 1.82) is 0 Å². The number of anilines is 2. The Morgan fingerprint density at radius 1 is 0.769 bits per heavy atom. The van der Waals surface area contributed by atoms with Crippen LogP contribution in [0.2, 0.25) is 0 Å². The number of nitrogens with two attached hydrogens (primary N) is 2. The summed E-state index contributed by atoms with van der Waals surface area (Å²) < 4.78 is 0. The number of rotatable bonds is 7. The molecule has 0 amide bonds. The maximum atomic E-state index is 10.9. The van der Waals surface area contributed by atoms with Gasteiger partial charge in [0.15, 0.2) is 0 Å². The minimum atomic E-state index is -1.03. The Morgan fingerprint density at radius 2 is 1.19 bits per heavy atom. The molecule has 5 nitrogen and oxygen atoms in total. The molecule has 0 unspecified atom stereocenters. The summed E-state index contributed by atoms with van der Waals surface area (Å²) in [6.45, 7) is 10.4. The number of nitrogen functional groups attached to an aromatic ring is 2. The van der Waals surface area contributed by atoms with E-state index in [1.54, 1.807) is 6.07 Å². The van der Waals surface area contributed by atoms with Gasteiger partial charge in [-0.05, 0) is 49.9 Å². The van der Waals surface area contributed by atoms with Crippen molar-refractivity contribution in [2.45, 2.75) is 71.3 Å². The van der Waals surface area contributed by atoms with Gasteiger partial charge in [-0.3, -0.25) is 0 Å². The Bertz CT molecular complexity index is 699. The van der Waals surface area contributed by atoms with Crippen LogP contribution < -0.4 is 11.5 Å². The van der Waals surface area contributed by atoms with E-state index in [2.05, 4.69) is 25.8 Å². The molecule has 0 atom stereocenters. The highest BCUT2D eigenvalue weighted by Crippen LogP contribution is 2.36. The number of pyridine rings is 2. The Kier molecular flexibility index (Phi) is 5.91. The zero-order chi connectivity index (χ0) is 19.5. The lowest BCUT2D eigenvalue weighted by Crippen LogP contribution is -2.27. The molecule has 0 aliphatic carbocycles. The molecule has 0 saturated carbocycles. The van der Waals surface area contributed by atoms with E-state index < -0.39 is 5.60 Å². The van der Waals surface area contributed by atoms with Gasteiger partial charge in [0.2, 0.25) is 0 Å². The summed E-state index contributed by atoms with van der Waals surface area (Å²) in [5.74, 6) is 0. The van der Waals surface area contributed by atoms with Gasteiger partial charge in [0, 0.05) is 5.41 Å². The van der Waals surface area contributed by atoms with Crippen molar-refractivity contribution in [3.63, 3.8) is 0 Å². The summed E-state index contributed by atoms with van der Waals surface area (Å²) in [5, 5.41) is 10.9. The van der Waals surface area contributed by atoms with Gasteiger partial charge >= 0.3 is 0 Å². The molecule has 5 heteroatoms. The molecule has 26 heavy (non-hydrogen) atoms. The molecule has 0 bridgehead atoms. The molecule has 2 aromatic rings. The van der Waals surface area contributed by atoms with Gasteiger partial charge in [-0.2, -0.15) is 0 Å². The number of aliphatic hydroxyl groups is 1. The maximum Gasteiger partial charge on any atom is 0.108 e. The number of hydrogen-bond acceptors (Lipinski definition) is 5. The van der Waals surface area contributed by atoms with Gasteiger partial charge in [-0.15, -0.1) is 0 Å². The third-order valence-electron chi connectivity index (χ3n) is 5.86. The molecular formula is C21H32N4O. The molecule has 2 aromatic heterocycles. The average Bonchev–Trinajstić information content (AvgIpc) is 2.67. The van der Waals surface area contributed by atoms with E-state index in [9.17, 15) is 5.11 Å². The van der Waals surface area contributed by atoms with Crippen LogP contribution in [-0.2, 0) is 11.0 Å². The lowest BCUT2D eigenvalue weighted by atomic mass is 9.80. The van der Waals surface area contributed by atoms with E-state index in [1.807, 2.05) is 32.0 Å². The highest BCUT2D eigenvalue weighted by molar-refractivity contribution is 5.62. The third kappa shape index (κ3) is 3.54. The molecule has 0 spiro atoms. The topological polar surface area (TPSA) is 98.0 Å². The quantitative estimate of drug-likeness (QED) is 0.683. The molecule has 2 heterocycles. The summed E-state index contributed by atoms with van der Waals surface area (Å²) >= 11 is 0. The van der Waals surface area contributed by atoms with E-state index in [1.165, 1.54) is 0 Å². The van der Waals surface area contributed by atoms with Gasteiger partial charge in [-0.25, -0.2) is 9.97 Å². The monoisotopic (exact) mass is 356 g/mol. The Hall–Kier alpha value is -2.14. The highest BCUT2D eigenvalue weighted by atomic mass is 16.3. The first-order valence-electron chi connectivity index (χ1n) is 9.51. The Labute approximate surface area is 156 Å². The second-order valence-electron chi connectivity index (χ2n) is 7.28. The standard InChI is InChI=1S/C21H32N4O/c1-6-20(5,7-2)18-14(22)10-12-16(24-18)17-13-11-15(23)19(25-17)21(26,8-3)9-4/h10-13,26H,6-9,22-23H2,1-5H3. The summed E-state index contributed by atoms with van der Waals surface area (Å²) in [6.07, 6.45) is 3.01. The fraction of sp³-hybridized carbons (Fsp3) is 0.524. The molecule has 5 N–H and O–H groups in total. The molecule has 0 radical (unpaired) electrons. The zero-order valence-electron chi connectivity index (χ0n) is 16.6. The van der Waals surface area contributed by atoms with Crippen LogP contribution in [0, 0.1) is 0 Å². The first kappa shape index (κ1) is 20.2. The van der Waals surface area contributed by atoms with E-state index >= 15 is 0 Å². The Morgan fingerprint density at radius 3 is 1.62 bits per heavy atom. The molecule has 0 aliphatic heterocycles. The van der Waals surface area contributed by atoms with Crippen LogP contribution in [0.5, 0.6) is 0 Å². The zero-order valence-corrected chi connectivity index (χ0v) is 16.6. The Balaban J connectivity index is 2.60. The molecule has 0 aliphatic rings. The van der Waals surface area contributed by atoms with Crippen molar-refractivity contribution in [1.82, 2.24) is 9.97 Å². The summed E-state index contributed by atoms with van der Waals surface area (Å²) in [5.41, 5.74) is 15.3. The number of nitrogens with zero attached hydrogens (tertiary/aromatic N) is 2. The lowest BCUT2D eigenvalue weighted by molar-refractivity contribution is 0.0249. The second kappa shape index (κ2) is 7.62. The molecule has 0 aromatic carbocycles. The lowest BCUT2D eigenvalue weighted by Gasteiger charge is -2.28. The predicted molar refractivity (Wildman–Crippen MR) is 109 cm³/mol. The van der Waals surface area contributed by atoms with Gasteiger partial charge in [0.05, 0.1) is 34.2 Å². The van der Waals surface area contributed by atoms with Crippen molar-refractivity contribution in [2.75, 3.05) is 11.5 Å². The predicted octanol–water partition coefficient (Wildman–Crippen LogP) is 4.39. The SMILES string of the molecule is CCC(C)(CC)c1nc(-c2ccc(N)c(C(O)(CC)CC)n2)ccc1N. The fourth-order valence-electron chi connectivity index (χ4n) is 3.25. The number of hydrogen-bond donors (Lipinski definition) is 3. The minimum Gasteiger partial charge on any atom is -0.397 e. The highest BCUT2D eigenvalue weighted by Gasteiger charge is 2.30. The smallest absolute Gasteiger partial charge is 0.108 e. The first-order chi connectivity index (χ1) is 12.2.